The number of ether oxygens (including phenoxy) is 2. The van der Waals surface area contributed by atoms with E-state index >= 15 is 0 Å². The Balaban J connectivity index is 2.19. The van der Waals surface area contributed by atoms with Crippen LogP contribution in [0.15, 0.2) is 12.1 Å². The van der Waals surface area contributed by atoms with Gasteiger partial charge in [-0.15, -0.1) is 0 Å². The Morgan fingerprint density at radius 3 is 2.79 bits per heavy atom. The van der Waals surface area contributed by atoms with Crippen LogP contribution in [0.5, 0.6) is 11.5 Å². The summed E-state index contributed by atoms with van der Waals surface area (Å²) in [5.74, 6) is -3.42. The van der Waals surface area contributed by atoms with Gasteiger partial charge in [0.1, 0.15) is 5.78 Å². The first kappa shape index (κ1) is 9.81. The Morgan fingerprint density at radius 1 is 1.38 bits per heavy atom. The summed E-state index contributed by atoms with van der Waals surface area (Å²) in [6.07, 6.45) is -2.43. The van der Waals surface area contributed by atoms with Crippen LogP contribution in [0.2, 0.25) is 0 Å². The quantitative estimate of drug-likeness (QED) is 0.843. The number of nitrogens with zero attached hydrogens (tertiary/aromatic N) is 1. The van der Waals surface area contributed by atoms with Crippen molar-refractivity contribution in [3.05, 3.63) is 23.3 Å². The predicted molar refractivity (Wildman–Crippen MR) is 94.8 cm³/mol. The molecule has 1 aromatic carbocycles. The van der Waals surface area contributed by atoms with E-state index in [-0.39, 0.29) is 30.0 Å². The summed E-state index contributed by atoms with van der Waals surface area (Å²) in [6, 6.07) is 1.53. The van der Waals surface area contributed by atoms with Crippen LogP contribution >= 0.6 is 0 Å². The Morgan fingerprint density at radius 2 is 2.12 bits per heavy atom. The highest BCUT2D eigenvalue weighted by atomic mass is 16.5. The molecule has 0 N–H and O–H groups in total. The summed E-state index contributed by atoms with van der Waals surface area (Å²) < 4.78 is 76.3. The minimum absolute atomic E-state index is 0.0882. The van der Waals surface area contributed by atoms with Crippen LogP contribution in [-0.2, 0) is 11.2 Å². The fourth-order valence-electron chi connectivity index (χ4n) is 3.23. The fraction of sp³-hybridized carbons (Fsp3) is 0.650. The predicted octanol–water partition coefficient (Wildman–Crippen LogP) is 3.63. The topological polar surface area (TPSA) is 38.8 Å². The SMILES string of the molecule is [2H]C([2H])([2H])Oc1cc2c(cc1OC)CCN1[C@H]2C([2H])([2H])C(=O)[C@@]([2H])(CC(C)(C)C)C1([2H])[2H]. The summed E-state index contributed by atoms with van der Waals surface area (Å²) >= 11 is 0. The largest absolute Gasteiger partial charge is 0.493 e. The van der Waals surface area contributed by atoms with E-state index in [2.05, 4.69) is 0 Å². The van der Waals surface area contributed by atoms with E-state index in [1.165, 1.54) is 18.1 Å². The molecule has 3 rings (SSSR count). The summed E-state index contributed by atoms with van der Waals surface area (Å²) in [5, 5.41) is 0. The fourth-order valence-corrected chi connectivity index (χ4v) is 3.23. The lowest BCUT2D eigenvalue weighted by molar-refractivity contribution is -0.130. The van der Waals surface area contributed by atoms with Crippen molar-refractivity contribution < 1.29 is 25.2 Å². The van der Waals surface area contributed by atoms with Crippen molar-refractivity contribution in [1.29, 1.82) is 0 Å². The standard InChI is InChI=1S/C20H29NO3/c1-20(2,3)11-14-12-21-7-6-13-8-18(23-4)19(24-5)9-15(13)16(21)10-17(14)22/h8-9,14,16H,6-7,10-12H2,1-5H3/t14-,16-/m0/s1/i5D3,10D2,12D2,14D. The lowest BCUT2D eigenvalue weighted by Gasteiger charge is -2.44. The molecule has 1 fully saturated rings. The molecule has 0 aliphatic carbocycles. The van der Waals surface area contributed by atoms with Gasteiger partial charge in [-0.05, 0) is 41.5 Å². The van der Waals surface area contributed by atoms with Gasteiger partial charge in [-0.1, -0.05) is 20.8 Å². The summed E-state index contributed by atoms with van der Waals surface area (Å²) in [6.45, 7) is 2.99. The highest BCUT2D eigenvalue weighted by molar-refractivity contribution is 5.83. The monoisotopic (exact) mass is 339 g/mol. The van der Waals surface area contributed by atoms with Gasteiger partial charge in [0.05, 0.1) is 18.3 Å². The average Bonchev–Trinajstić information content (AvgIpc) is 2.61. The zero-order valence-corrected chi connectivity index (χ0v) is 14.5. The van der Waals surface area contributed by atoms with Crippen molar-refractivity contribution in [2.24, 2.45) is 11.3 Å². The Labute approximate surface area is 156 Å². The average molecular weight is 340 g/mol. The molecule has 1 saturated heterocycles. The first-order valence-corrected chi connectivity index (χ1v) is 8.07. The van der Waals surface area contributed by atoms with Gasteiger partial charge in [0.25, 0.3) is 0 Å². The van der Waals surface area contributed by atoms with Crippen molar-refractivity contribution in [1.82, 2.24) is 4.90 Å². The van der Waals surface area contributed by atoms with Gasteiger partial charge < -0.3 is 9.47 Å². The molecule has 0 bridgehead atoms. The van der Waals surface area contributed by atoms with Gasteiger partial charge in [0.15, 0.2) is 11.5 Å². The van der Waals surface area contributed by atoms with E-state index in [0.717, 1.165) is 0 Å². The smallest absolute Gasteiger partial charge is 0.161 e. The van der Waals surface area contributed by atoms with Gasteiger partial charge in [0.2, 0.25) is 0 Å². The van der Waals surface area contributed by atoms with E-state index < -0.39 is 43.0 Å². The zero-order valence-electron chi connectivity index (χ0n) is 22.5. The van der Waals surface area contributed by atoms with Crippen molar-refractivity contribution >= 4 is 5.78 Å². The molecule has 4 nitrogen and oxygen atoms in total. The highest BCUT2D eigenvalue weighted by Crippen LogP contribution is 2.43. The third-order valence-corrected chi connectivity index (χ3v) is 4.29. The first-order valence-electron chi connectivity index (χ1n) is 12.1. The molecule has 0 saturated carbocycles. The summed E-state index contributed by atoms with van der Waals surface area (Å²) in [5.41, 5.74) is 0.285. The van der Waals surface area contributed by atoms with Crippen molar-refractivity contribution in [3.8, 4) is 11.5 Å². The van der Waals surface area contributed by atoms with Crippen molar-refractivity contribution in [2.45, 2.75) is 46.0 Å². The van der Waals surface area contributed by atoms with Gasteiger partial charge in [-0.2, -0.15) is 0 Å². The third-order valence-electron chi connectivity index (χ3n) is 4.29. The van der Waals surface area contributed by atoms with Crippen LogP contribution in [0.3, 0.4) is 0 Å². The molecule has 2 aliphatic heterocycles. The second kappa shape index (κ2) is 6.40. The molecule has 0 aromatic heterocycles. The van der Waals surface area contributed by atoms with E-state index in [0.29, 0.717) is 12.0 Å². The number of hydrogen-bond acceptors (Lipinski definition) is 4. The number of Topliss-reactive ketones (excluding diaryl/α,β-unsaturated/α-hetero) is 1. The van der Waals surface area contributed by atoms with E-state index in [1.54, 1.807) is 26.8 Å². The van der Waals surface area contributed by atoms with Crippen LogP contribution in [0, 0.1) is 11.3 Å². The van der Waals surface area contributed by atoms with E-state index in [4.69, 9.17) is 20.4 Å². The third kappa shape index (κ3) is 3.30. The number of piperidine rings is 1. The van der Waals surface area contributed by atoms with Crippen molar-refractivity contribution in [2.75, 3.05) is 27.2 Å². The number of ketones is 1. The van der Waals surface area contributed by atoms with E-state index in [1.807, 2.05) is 0 Å². The van der Waals surface area contributed by atoms with Crippen LogP contribution < -0.4 is 9.47 Å². The summed E-state index contributed by atoms with van der Waals surface area (Å²) in [4.78, 5) is 14.6. The maximum atomic E-state index is 13.4. The molecule has 1 aromatic rings. The lowest BCUT2D eigenvalue weighted by Crippen LogP contribution is -2.47. The maximum absolute atomic E-state index is 13.4. The van der Waals surface area contributed by atoms with Crippen LogP contribution in [0.1, 0.15) is 61.7 Å². The minimum atomic E-state index is -2.78. The van der Waals surface area contributed by atoms with Crippen LogP contribution in [0.25, 0.3) is 0 Å². The Hall–Kier alpha value is -1.55. The maximum Gasteiger partial charge on any atom is 0.161 e. The molecule has 0 unspecified atom stereocenters. The number of hydrogen-bond donors (Lipinski definition) is 0. The summed E-state index contributed by atoms with van der Waals surface area (Å²) in [7, 11) is -1.43. The molecule has 2 heterocycles. The molecule has 0 radical (unpaired) electrons. The van der Waals surface area contributed by atoms with Gasteiger partial charge in [-0.3, -0.25) is 9.69 Å². The first-order chi connectivity index (χ1) is 14.3. The molecule has 2 atom stereocenters. The number of rotatable bonds is 3. The van der Waals surface area contributed by atoms with Crippen molar-refractivity contribution in [3.63, 3.8) is 0 Å². The van der Waals surface area contributed by atoms with Gasteiger partial charge in [0, 0.05) is 38.2 Å². The minimum Gasteiger partial charge on any atom is -0.493 e. The molecule has 24 heavy (non-hydrogen) atoms. The molecule has 0 amide bonds. The molecule has 4 heteroatoms. The van der Waals surface area contributed by atoms with Crippen LogP contribution in [0.4, 0.5) is 0 Å². The molecule has 0 spiro atoms. The normalized spacial score (nSPS) is 37.0. The Kier molecular flexibility index (Phi) is 2.61. The van der Waals surface area contributed by atoms with Gasteiger partial charge in [-0.25, -0.2) is 0 Å². The molecule has 2 aliphatic rings. The molecule has 132 valence electrons. The molecular weight excluding hydrogens is 302 g/mol. The lowest BCUT2D eigenvalue weighted by atomic mass is 9.76. The van der Waals surface area contributed by atoms with Crippen LogP contribution in [-0.4, -0.2) is 37.9 Å². The number of methoxy groups -OCH3 is 2. The Bertz CT molecular complexity index is 925. The number of benzene rings is 1. The zero-order chi connectivity index (χ0) is 24.5. The second-order valence-electron chi connectivity index (χ2n) is 7.45. The highest BCUT2D eigenvalue weighted by Gasteiger charge is 2.39. The number of carbonyl (C=O) groups excluding carboxylic acids is 1. The number of carbonyl (C=O) groups is 1. The second-order valence-corrected chi connectivity index (χ2v) is 7.45. The molecular formula is C20H29NO3. The van der Waals surface area contributed by atoms with E-state index in [9.17, 15) is 4.79 Å². The van der Waals surface area contributed by atoms with Gasteiger partial charge >= 0.3 is 0 Å². The number of fused-ring (bicyclic) bond motifs is 3.